The molecular formula is C6H9NO. The van der Waals surface area contributed by atoms with Gasteiger partial charge in [-0.25, -0.2) is 0 Å². The molecule has 0 rings (SSSR count). The molecule has 0 aromatic rings. The van der Waals surface area contributed by atoms with Crippen molar-refractivity contribution in [2.75, 3.05) is 0 Å². The number of primary amides is 1. The molecule has 0 radical (unpaired) electrons. The standard InChI is InChI=1S/C6H9NO/c1-2-3-4-5-6(7)8/h3,5H,2H2,1H3,(H2,7,8). The van der Waals surface area contributed by atoms with Crippen LogP contribution in [0.4, 0.5) is 0 Å². The first kappa shape index (κ1) is 6.99. The van der Waals surface area contributed by atoms with Gasteiger partial charge in [-0.3, -0.25) is 4.79 Å². The van der Waals surface area contributed by atoms with Crippen molar-refractivity contribution in [3.05, 3.63) is 17.9 Å². The maximum absolute atomic E-state index is 9.96. The van der Waals surface area contributed by atoms with E-state index in [1.807, 2.05) is 6.92 Å². The number of amides is 1. The number of carbonyl (C=O) groups is 1. The molecule has 2 N–H and O–H groups in total. The van der Waals surface area contributed by atoms with Crippen LogP contribution in [0.5, 0.6) is 0 Å². The van der Waals surface area contributed by atoms with Gasteiger partial charge in [-0.2, -0.15) is 0 Å². The number of hydrogen-bond acceptors (Lipinski definition) is 1. The monoisotopic (exact) mass is 111 g/mol. The van der Waals surface area contributed by atoms with E-state index in [1.165, 1.54) is 6.08 Å². The van der Waals surface area contributed by atoms with Crippen molar-refractivity contribution in [3.63, 3.8) is 0 Å². The van der Waals surface area contributed by atoms with Gasteiger partial charge in [-0.15, -0.1) is 5.73 Å². The van der Waals surface area contributed by atoms with Crippen LogP contribution in [0, 0.1) is 0 Å². The summed E-state index contributed by atoms with van der Waals surface area (Å²) in [6.45, 7) is 1.96. The van der Waals surface area contributed by atoms with Gasteiger partial charge in [-0.1, -0.05) is 6.92 Å². The van der Waals surface area contributed by atoms with Crippen LogP contribution in [-0.2, 0) is 4.79 Å². The van der Waals surface area contributed by atoms with Gasteiger partial charge in [0.15, 0.2) is 0 Å². The van der Waals surface area contributed by atoms with Gasteiger partial charge >= 0.3 is 0 Å². The van der Waals surface area contributed by atoms with E-state index in [0.29, 0.717) is 0 Å². The fourth-order valence-electron chi connectivity index (χ4n) is 0.259. The fourth-order valence-corrected chi connectivity index (χ4v) is 0.259. The molecule has 0 aliphatic carbocycles. The average molecular weight is 111 g/mol. The number of hydrogen-bond donors (Lipinski definition) is 1. The molecule has 0 aliphatic rings. The fraction of sp³-hybridized carbons (Fsp3) is 0.333. The summed E-state index contributed by atoms with van der Waals surface area (Å²) in [5.41, 5.74) is 7.37. The first-order valence-electron chi connectivity index (χ1n) is 2.47. The summed E-state index contributed by atoms with van der Waals surface area (Å²) in [6, 6.07) is 0. The van der Waals surface area contributed by atoms with Crippen LogP contribution >= 0.6 is 0 Å². The summed E-state index contributed by atoms with van der Waals surface area (Å²) in [4.78, 5) is 9.96. The van der Waals surface area contributed by atoms with Crippen LogP contribution in [0.3, 0.4) is 0 Å². The van der Waals surface area contributed by atoms with E-state index in [1.54, 1.807) is 6.08 Å². The maximum Gasteiger partial charge on any atom is 0.249 e. The molecule has 0 saturated carbocycles. The van der Waals surface area contributed by atoms with Crippen molar-refractivity contribution >= 4 is 5.91 Å². The summed E-state index contributed by atoms with van der Waals surface area (Å²) >= 11 is 0. The van der Waals surface area contributed by atoms with Crippen LogP contribution in [0.15, 0.2) is 17.9 Å². The third kappa shape index (κ3) is 4.99. The highest BCUT2D eigenvalue weighted by molar-refractivity contribution is 5.85. The predicted molar refractivity (Wildman–Crippen MR) is 32.1 cm³/mol. The smallest absolute Gasteiger partial charge is 0.249 e. The molecule has 1 amide bonds. The Morgan fingerprint density at radius 2 is 2.50 bits per heavy atom. The SMILES string of the molecule is CCC=C=CC(N)=O. The lowest BCUT2D eigenvalue weighted by molar-refractivity contribution is -0.113. The second-order valence-corrected chi connectivity index (χ2v) is 1.33. The van der Waals surface area contributed by atoms with E-state index in [4.69, 9.17) is 5.73 Å². The van der Waals surface area contributed by atoms with Gasteiger partial charge < -0.3 is 5.73 Å². The molecule has 0 aromatic heterocycles. The molecule has 0 atom stereocenters. The van der Waals surface area contributed by atoms with Crippen LogP contribution < -0.4 is 5.73 Å². The number of rotatable bonds is 2. The molecule has 0 bridgehead atoms. The normalized spacial score (nSPS) is 7.12. The Morgan fingerprint density at radius 1 is 1.88 bits per heavy atom. The number of nitrogens with two attached hydrogens (primary N) is 1. The minimum Gasteiger partial charge on any atom is -0.366 e. The van der Waals surface area contributed by atoms with Gasteiger partial charge in [-0.05, 0) is 12.5 Å². The second kappa shape index (κ2) is 4.16. The lowest BCUT2D eigenvalue weighted by Gasteiger charge is -1.70. The van der Waals surface area contributed by atoms with E-state index >= 15 is 0 Å². The lowest BCUT2D eigenvalue weighted by atomic mass is 10.4. The highest BCUT2D eigenvalue weighted by Gasteiger charge is 1.74. The molecule has 0 spiro atoms. The molecule has 0 heterocycles. The zero-order chi connectivity index (χ0) is 6.41. The predicted octanol–water partition coefficient (Wildman–Crippen LogP) is 0.593. The zero-order valence-corrected chi connectivity index (χ0v) is 4.85. The summed E-state index contributed by atoms with van der Waals surface area (Å²) in [5.74, 6) is -0.449. The Morgan fingerprint density at radius 3 is 2.88 bits per heavy atom. The quantitative estimate of drug-likeness (QED) is 0.411. The summed E-state index contributed by atoms with van der Waals surface area (Å²) < 4.78 is 0. The van der Waals surface area contributed by atoms with Crippen LogP contribution in [0.1, 0.15) is 13.3 Å². The molecule has 2 nitrogen and oxygen atoms in total. The molecule has 2 heteroatoms. The number of carbonyl (C=O) groups excluding carboxylic acids is 1. The van der Waals surface area contributed by atoms with E-state index in [-0.39, 0.29) is 0 Å². The van der Waals surface area contributed by atoms with E-state index in [0.717, 1.165) is 6.42 Å². The van der Waals surface area contributed by atoms with Gasteiger partial charge in [0.2, 0.25) is 5.91 Å². The Labute approximate surface area is 48.7 Å². The van der Waals surface area contributed by atoms with Gasteiger partial charge in [0, 0.05) is 6.08 Å². The highest BCUT2D eigenvalue weighted by atomic mass is 16.1. The molecule has 0 unspecified atom stereocenters. The molecule has 0 saturated heterocycles. The van der Waals surface area contributed by atoms with Gasteiger partial charge in [0.1, 0.15) is 0 Å². The first-order valence-corrected chi connectivity index (χ1v) is 2.47. The van der Waals surface area contributed by atoms with E-state index in [2.05, 4.69) is 5.73 Å². The topological polar surface area (TPSA) is 43.1 Å². The summed E-state index contributed by atoms with van der Waals surface area (Å²) in [7, 11) is 0. The molecule has 0 aliphatic heterocycles. The third-order valence-corrected chi connectivity index (χ3v) is 0.548. The van der Waals surface area contributed by atoms with Gasteiger partial charge in [0.05, 0.1) is 0 Å². The van der Waals surface area contributed by atoms with Crippen molar-refractivity contribution in [3.8, 4) is 0 Å². The van der Waals surface area contributed by atoms with E-state index < -0.39 is 5.91 Å². The second-order valence-electron chi connectivity index (χ2n) is 1.33. The maximum atomic E-state index is 9.96. The Kier molecular flexibility index (Phi) is 3.63. The largest absolute Gasteiger partial charge is 0.366 e. The third-order valence-electron chi connectivity index (χ3n) is 0.548. The van der Waals surface area contributed by atoms with Crippen LogP contribution in [0.25, 0.3) is 0 Å². The van der Waals surface area contributed by atoms with Crippen LogP contribution in [-0.4, -0.2) is 5.91 Å². The lowest BCUT2D eigenvalue weighted by Crippen LogP contribution is -2.04. The van der Waals surface area contributed by atoms with Crippen molar-refractivity contribution in [2.45, 2.75) is 13.3 Å². The average Bonchev–Trinajstić information content (AvgIpc) is 1.66. The minimum atomic E-state index is -0.449. The molecule has 8 heavy (non-hydrogen) atoms. The Hall–Kier alpha value is -1.01. The minimum absolute atomic E-state index is 0.449. The summed E-state index contributed by atoms with van der Waals surface area (Å²) in [6.07, 6.45) is 3.83. The Balaban J connectivity index is 3.64. The first-order chi connectivity index (χ1) is 3.77. The van der Waals surface area contributed by atoms with E-state index in [9.17, 15) is 4.79 Å². The highest BCUT2D eigenvalue weighted by Crippen LogP contribution is 1.73. The molecular weight excluding hydrogens is 102 g/mol. The summed E-state index contributed by atoms with van der Waals surface area (Å²) in [5, 5.41) is 0. The van der Waals surface area contributed by atoms with Crippen molar-refractivity contribution < 1.29 is 4.79 Å². The Bertz CT molecular complexity index is 131. The van der Waals surface area contributed by atoms with Crippen molar-refractivity contribution in [1.29, 1.82) is 0 Å². The van der Waals surface area contributed by atoms with Crippen molar-refractivity contribution in [1.82, 2.24) is 0 Å². The molecule has 0 fully saturated rings. The van der Waals surface area contributed by atoms with Crippen LogP contribution in [0.2, 0.25) is 0 Å². The van der Waals surface area contributed by atoms with Gasteiger partial charge in [0.25, 0.3) is 0 Å². The molecule has 0 aromatic carbocycles. The zero-order valence-electron chi connectivity index (χ0n) is 4.85. The molecule has 44 valence electrons. The van der Waals surface area contributed by atoms with Crippen molar-refractivity contribution in [2.24, 2.45) is 5.73 Å².